The first-order valence-corrected chi connectivity index (χ1v) is 8.30. The number of rotatable bonds is 6. The lowest BCUT2D eigenvalue weighted by atomic mass is 10.3. The normalized spacial score (nSPS) is 16.7. The van der Waals surface area contributed by atoms with Crippen LogP contribution in [0.3, 0.4) is 0 Å². The van der Waals surface area contributed by atoms with Gasteiger partial charge >= 0.3 is 0 Å². The molecular formula is C17H24N4O2. The fraction of sp³-hybridized carbons (Fsp3) is 0.529. The molecular weight excluding hydrogens is 292 g/mol. The molecule has 23 heavy (non-hydrogen) atoms. The second-order valence-electron chi connectivity index (χ2n) is 5.89. The van der Waals surface area contributed by atoms with Gasteiger partial charge in [-0.3, -0.25) is 9.69 Å². The molecule has 6 nitrogen and oxygen atoms in total. The van der Waals surface area contributed by atoms with Crippen LogP contribution in [0.15, 0.2) is 28.7 Å². The molecule has 0 aliphatic carbocycles. The second kappa shape index (κ2) is 7.57. The van der Waals surface area contributed by atoms with E-state index in [-0.39, 0.29) is 5.91 Å². The second-order valence-corrected chi connectivity index (χ2v) is 5.89. The van der Waals surface area contributed by atoms with Crippen LogP contribution >= 0.6 is 0 Å². The summed E-state index contributed by atoms with van der Waals surface area (Å²) in [7, 11) is 0. The summed E-state index contributed by atoms with van der Waals surface area (Å²) in [6, 6.07) is 7.70. The predicted octanol–water partition coefficient (Wildman–Crippen LogP) is 1.12. The lowest BCUT2D eigenvalue weighted by Gasteiger charge is -2.33. The number of nitrogens with one attached hydrogen (secondary N) is 1. The van der Waals surface area contributed by atoms with Crippen LogP contribution in [-0.4, -0.2) is 66.5 Å². The maximum Gasteiger partial charge on any atom is 0.234 e. The summed E-state index contributed by atoms with van der Waals surface area (Å²) < 4.78 is 5.65. The molecule has 1 amide bonds. The third-order valence-corrected chi connectivity index (χ3v) is 4.28. The van der Waals surface area contributed by atoms with Gasteiger partial charge in [0.1, 0.15) is 5.52 Å². The lowest BCUT2D eigenvalue weighted by molar-refractivity contribution is -0.122. The highest BCUT2D eigenvalue weighted by Crippen LogP contribution is 2.14. The molecule has 1 saturated heterocycles. The van der Waals surface area contributed by atoms with Crippen LogP contribution in [0.1, 0.15) is 12.8 Å². The Morgan fingerprint density at radius 1 is 1.22 bits per heavy atom. The average Bonchev–Trinajstić information content (AvgIpc) is 2.98. The Balaban J connectivity index is 1.39. The van der Waals surface area contributed by atoms with E-state index in [1.165, 1.54) is 0 Å². The number of fused-ring (bicyclic) bond motifs is 1. The smallest absolute Gasteiger partial charge is 0.234 e. The average molecular weight is 316 g/mol. The SMILES string of the molecule is CCN1CCN(CC(=O)NCCc2nc3ccccc3o2)CC1. The number of amides is 1. The number of hydrogen-bond donors (Lipinski definition) is 1. The Morgan fingerprint density at radius 2 is 1.96 bits per heavy atom. The standard InChI is InChI=1S/C17H24N4O2/c1-2-20-9-11-21(12-10-20)13-16(22)18-8-7-17-19-14-5-3-4-6-15(14)23-17/h3-6H,2,7-13H2,1H3,(H,18,22). The summed E-state index contributed by atoms with van der Waals surface area (Å²) in [5.41, 5.74) is 1.66. The van der Waals surface area contributed by atoms with Gasteiger partial charge in [0.05, 0.1) is 6.54 Å². The summed E-state index contributed by atoms with van der Waals surface area (Å²) in [5.74, 6) is 0.745. The Morgan fingerprint density at radius 3 is 2.70 bits per heavy atom. The highest BCUT2D eigenvalue weighted by molar-refractivity contribution is 5.78. The van der Waals surface area contributed by atoms with E-state index in [0.717, 1.165) is 43.8 Å². The number of piperazine rings is 1. The number of para-hydroxylation sites is 2. The number of likely N-dealkylation sites (N-methyl/N-ethyl adjacent to an activating group) is 1. The molecule has 0 radical (unpaired) electrons. The van der Waals surface area contributed by atoms with Crippen molar-refractivity contribution in [2.45, 2.75) is 13.3 Å². The first kappa shape index (κ1) is 16.0. The van der Waals surface area contributed by atoms with Crippen molar-refractivity contribution in [3.05, 3.63) is 30.2 Å². The van der Waals surface area contributed by atoms with Gasteiger partial charge in [0.25, 0.3) is 0 Å². The first-order chi connectivity index (χ1) is 11.2. The predicted molar refractivity (Wildman–Crippen MR) is 89.3 cm³/mol. The zero-order valence-corrected chi connectivity index (χ0v) is 13.6. The molecule has 6 heteroatoms. The van der Waals surface area contributed by atoms with Crippen LogP contribution < -0.4 is 5.32 Å². The fourth-order valence-corrected chi connectivity index (χ4v) is 2.86. The Kier molecular flexibility index (Phi) is 5.25. The summed E-state index contributed by atoms with van der Waals surface area (Å²) in [6.45, 7) is 8.32. The summed E-state index contributed by atoms with van der Waals surface area (Å²) in [4.78, 5) is 21.0. The van der Waals surface area contributed by atoms with E-state index in [4.69, 9.17) is 4.42 Å². The van der Waals surface area contributed by atoms with E-state index >= 15 is 0 Å². The minimum Gasteiger partial charge on any atom is -0.441 e. The van der Waals surface area contributed by atoms with Crippen molar-refractivity contribution in [1.82, 2.24) is 20.1 Å². The maximum absolute atomic E-state index is 12.0. The number of carbonyl (C=O) groups excluding carboxylic acids is 1. The molecule has 2 aromatic rings. The fourth-order valence-electron chi connectivity index (χ4n) is 2.86. The molecule has 3 rings (SSSR count). The number of carbonyl (C=O) groups is 1. The number of benzene rings is 1. The lowest BCUT2D eigenvalue weighted by Crippen LogP contribution is -2.49. The molecule has 0 spiro atoms. The molecule has 1 aromatic carbocycles. The molecule has 1 aromatic heterocycles. The molecule has 1 aliphatic heterocycles. The van der Waals surface area contributed by atoms with Crippen LogP contribution in [0.25, 0.3) is 11.1 Å². The minimum absolute atomic E-state index is 0.0751. The van der Waals surface area contributed by atoms with Crippen LogP contribution in [0.2, 0.25) is 0 Å². The molecule has 124 valence electrons. The number of nitrogens with zero attached hydrogens (tertiary/aromatic N) is 3. The Bertz CT molecular complexity index is 614. The van der Waals surface area contributed by atoms with Gasteiger partial charge in [0.2, 0.25) is 5.91 Å². The number of hydrogen-bond acceptors (Lipinski definition) is 5. The van der Waals surface area contributed by atoms with Gasteiger partial charge in [0.15, 0.2) is 11.5 Å². The van der Waals surface area contributed by atoms with E-state index in [2.05, 4.69) is 27.0 Å². The Hall–Kier alpha value is -1.92. The molecule has 0 bridgehead atoms. The van der Waals surface area contributed by atoms with E-state index in [0.29, 0.717) is 25.4 Å². The van der Waals surface area contributed by atoms with Gasteiger partial charge in [0, 0.05) is 39.1 Å². The van der Waals surface area contributed by atoms with Crippen molar-refractivity contribution in [3.63, 3.8) is 0 Å². The highest BCUT2D eigenvalue weighted by atomic mass is 16.3. The van der Waals surface area contributed by atoms with Gasteiger partial charge in [-0.25, -0.2) is 4.98 Å². The van der Waals surface area contributed by atoms with Crippen molar-refractivity contribution >= 4 is 17.0 Å². The van der Waals surface area contributed by atoms with Crippen molar-refractivity contribution < 1.29 is 9.21 Å². The third kappa shape index (κ3) is 4.30. The zero-order valence-electron chi connectivity index (χ0n) is 13.6. The van der Waals surface area contributed by atoms with E-state index < -0.39 is 0 Å². The van der Waals surface area contributed by atoms with E-state index in [9.17, 15) is 4.79 Å². The molecule has 0 saturated carbocycles. The summed E-state index contributed by atoms with van der Waals surface area (Å²) in [5, 5.41) is 2.95. The molecule has 0 atom stereocenters. The van der Waals surface area contributed by atoms with Gasteiger partial charge in [-0.2, -0.15) is 0 Å². The van der Waals surface area contributed by atoms with Gasteiger partial charge < -0.3 is 14.6 Å². The van der Waals surface area contributed by atoms with Crippen molar-refractivity contribution in [3.8, 4) is 0 Å². The van der Waals surface area contributed by atoms with Crippen LogP contribution in [-0.2, 0) is 11.2 Å². The van der Waals surface area contributed by atoms with E-state index in [1.54, 1.807) is 0 Å². The monoisotopic (exact) mass is 316 g/mol. The quantitative estimate of drug-likeness (QED) is 0.865. The third-order valence-electron chi connectivity index (χ3n) is 4.28. The van der Waals surface area contributed by atoms with Gasteiger partial charge in [-0.15, -0.1) is 0 Å². The molecule has 2 heterocycles. The maximum atomic E-state index is 12.0. The van der Waals surface area contributed by atoms with Crippen molar-refractivity contribution in [2.24, 2.45) is 0 Å². The van der Waals surface area contributed by atoms with Crippen LogP contribution in [0, 0.1) is 0 Å². The van der Waals surface area contributed by atoms with E-state index in [1.807, 2.05) is 24.3 Å². The van der Waals surface area contributed by atoms with Crippen molar-refractivity contribution in [2.75, 3.05) is 45.8 Å². The Labute approximate surface area is 136 Å². The zero-order chi connectivity index (χ0) is 16.1. The number of oxazole rings is 1. The summed E-state index contributed by atoms with van der Waals surface area (Å²) >= 11 is 0. The molecule has 0 unspecified atom stereocenters. The first-order valence-electron chi connectivity index (χ1n) is 8.30. The largest absolute Gasteiger partial charge is 0.441 e. The molecule has 1 fully saturated rings. The molecule has 1 N–H and O–H groups in total. The van der Waals surface area contributed by atoms with Crippen molar-refractivity contribution in [1.29, 1.82) is 0 Å². The minimum atomic E-state index is 0.0751. The number of aromatic nitrogens is 1. The summed E-state index contributed by atoms with van der Waals surface area (Å²) in [6.07, 6.45) is 0.615. The molecule has 1 aliphatic rings. The van der Waals surface area contributed by atoms with Gasteiger partial charge in [-0.05, 0) is 18.7 Å². The van der Waals surface area contributed by atoms with Gasteiger partial charge in [-0.1, -0.05) is 19.1 Å². The highest BCUT2D eigenvalue weighted by Gasteiger charge is 2.17. The van der Waals surface area contributed by atoms with Crippen LogP contribution in [0.5, 0.6) is 0 Å². The topological polar surface area (TPSA) is 61.6 Å². The van der Waals surface area contributed by atoms with Crippen LogP contribution in [0.4, 0.5) is 0 Å².